The zero-order chi connectivity index (χ0) is 24.6. The molecule has 0 N–H and O–H groups in total. The Hall–Kier alpha value is -2.44. The van der Waals surface area contributed by atoms with Crippen molar-refractivity contribution < 1.29 is 26.1 Å². The summed E-state index contributed by atoms with van der Waals surface area (Å²) in [6.45, 7) is 1.54. The van der Waals surface area contributed by atoms with Crippen LogP contribution in [0.4, 0.5) is 0 Å². The second kappa shape index (κ2) is 11.6. The third-order valence-corrected chi connectivity index (χ3v) is 6.14. The largest absolute Gasteiger partial charge is 0.748 e. The highest BCUT2D eigenvalue weighted by Crippen LogP contribution is 2.23. The summed E-state index contributed by atoms with van der Waals surface area (Å²) in [6, 6.07) is 14.5. The minimum atomic E-state index is -3.92. The van der Waals surface area contributed by atoms with E-state index in [1.165, 1.54) is 12.1 Å². The number of rotatable bonds is 8. The van der Waals surface area contributed by atoms with Gasteiger partial charge >= 0.3 is 0 Å². The Morgan fingerprint density at radius 2 is 1.48 bits per heavy atom. The van der Waals surface area contributed by atoms with Crippen molar-refractivity contribution >= 4 is 31.6 Å². The van der Waals surface area contributed by atoms with E-state index in [0.717, 1.165) is 18.7 Å². The molecule has 0 radical (unpaired) electrons. The van der Waals surface area contributed by atoms with Crippen LogP contribution < -0.4 is 4.74 Å². The summed E-state index contributed by atoms with van der Waals surface area (Å²) >= 11 is 5.84. The van der Waals surface area contributed by atoms with Crippen molar-refractivity contribution in [2.24, 2.45) is 0 Å². The van der Waals surface area contributed by atoms with Crippen molar-refractivity contribution in [1.29, 1.82) is 0 Å². The molecule has 0 aliphatic rings. The van der Waals surface area contributed by atoms with E-state index < -0.39 is 20.0 Å². The first-order chi connectivity index (χ1) is 15.4. The van der Waals surface area contributed by atoms with Crippen molar-refractivity contribution in [2.75, 3.05) is 33.5 Å². The van der Waals surface area contributed by atoms with Crippen molar-refractivity contribution in [1.82, 2.24) is 14.7 Å². The molecule has 0 aliphatic carbocycles. The van der Waals surface area contributed by atoms with Crippen molar-refractivity contribution in [2.45, 2.75) is 16.2 Å². The molecule has 1 heterocycles. The SMILES string of the molecule is CN(C)CCCOc1ccn(-c2ccc(S(=O)(=O)c3ccc(Cl)cc3)cc2)n1.CS(=O)(=O)[O-]. The number of halogens is 1. The Kier molecular flexibility index (Phi) is 9.44. The van der Waals surface area contributed by atoms with Crippen LogP contribution in [0.1, 0.15) is 6.42 Å². The molecule has 0 unspecified atom stereocenters. The first kappa shape index (κ1) is 26.8. The predicted molar refractivity (Wildman–Crippen MR) is 125 cm³/mol. The van der Waals surface area contributed by atoms with Crippen LogP contribution in [0.25, 0.3) is 5.69 Å². The van der Waals surface area contributed by atoms with Gasteiger partial charge in [-0.05, 0) is 69.0 Å². The van der Waals surface area contributed by atoms with Crippen LogP contribution in [0.2, 0.25) is 5.02 Å². The number of hydrogen-bond donors (Lipinski definition) is 0. The van der Waals surface area contributed by atoms with Gasteiger partial charge in [-0.25, -0.2) is 21.5 Å². The number of hydrogen-bond acceptors (Lipinski definition) is 8. The highest BCUT2D eigenvalue weighted by atomic mass is 35.5. The smallest absolute Gasteiger partial charge is 0.233 e. The Morgan fingerprint density at radius 1 is 0.970 bits per heavy atom. The number of benzene rings is 2. The van der Waals surface area contributed by atoms with Gasteiger partial charge in [0.05, 0.1) is 32.2 Å². The van der Waals surface area contributed by atoms with Gasteiger partial charge in [-0.2, -0.15) is 0 Å². The van der Waals surface area contributed by atoms with Gasteiger partial charge in [0, 0.05) is 30.1 Å². The molecule has 0 saturated heterocycles. The van der Waals surface area contributed by atoms with Crippen LogP contribution in [0.15, 0.2) is 70.6 Å². The lowest BCUT2D eigenvalue weighted by Crippen LogP contribution is -2.15. The lowest BCUT2D eigenvalue weighted by molar-refractivity contribution is 0.272. The molecule has 0 aliphatic heterocycles. The predicted octanol–water partition coefficient (Wildman–Crippen LogP) is 2.85. The Bertz CT molecular complexity index is 1230. The minimum Gasteiger partial charge on any atom is -0.748 e. The summed E-state index contributed by atoms with van der Waals surface area (Å²) < 4.78 is 59.9. The van der Waals surface area contributed by atoms with Gasteiger partial charge in [0.15, 0.2) is 0 Å². The molecule has 180 valence electrons. The third kappa shape index (κ3) is 9.14. The van der Waals surface area contributed by atoms with Crippen LogP contribution in [0.5, 0.6) is 5.88 Å². The Balaban J connectivity index is 0.000000696. The highest BCUT2D eigenvalue weighted by Gasteiger charge is 2.17. The molecule has 1 aromatic heterocycles. The second-order valence-electron chi connectivity index (χ2n) is 7.26. The quantitative estimate of drug-likeness (QED) is 0.332. The van der Waals surface area contributed by atoms with E-state index in [-0.39, 0.29) is 9.79 Å². The van der Waals surface area contributed by atoms with Crippen molar-refractivity contribution in [3.05, 3.63) is 65.8 Å². The van der Waals surface area contributed by atoms with Gasteiger partial charge in [0.25, 0.3) is 0 Å². The fraction of sp³-hybridized carbons (Fsp3) is 0.286. The van der Waals surface area contributed by atoms with E-state index in [4.69, 9.17) is 29.3 Å². The average Bonchev–Trinajstić information content (AvgIpc) is 3.19. The average molecular weight is 515 g/mol. The topological polar surface area (TPSA) is 122 Å². The summed E-state index contributed by atoms with van der Waals surface area (Å²) in [7, 11) is -3.47. The first-order valence-electron chi connectivity index (χ1n) is 9.71. The minimum absolute atomic E-state index is 0.206. The van der Waals surface area contributed by atoms with Gasteiger partial charge in [0.1, 0.15) is 0 Å². The molecule has 0 fully saturated rings. The normalized spacial score (nSPS) is 11.7. The zero-order valence-electron chi connectivity index (χ0n) is 18.4. The van der Waals surface area contributed by atoms with E-state index >= 15 is 0 Å². The fourth-order valence-electron chi connectivity index (χ4n) is 2.61. The molecule has 0 amide bonds. The van der Waals surface area contributed by atoms with Crippen molar-refractivity contribution in [3.8, 4) is 11.6 Å². The molecule has 9 nitrogen and oxygen atoms in total. The third-order valence-electron chi connectivity index (χ3n) is 4.10. The molecule has 0 bridgehead atoms. The zero-order valence-corrected chi connectivity index (χ0v) is 20.8. The van der Waals surface area contributed by atoms with Crippen LogP contribution in [-0.4, -0.2) is 69.6 Å². The summed E-state index contributed by atoms with van der Waals surface area (Å²) in [5.41, 5.74) is 0.748. The Labute approximate surface area is 199 Å². The summed E-state index contributed by atoms with van der Waals surface area (Å²) in [5, 5.41) is 4.87. The maximum absolute atomic E-state index is 12.7. The molecule has 33 heavy (non-hydrogen) atoms. The maximum atomic E-state index is 12.7. The number of aromatic nitrogens is 2. The second-order valence-corrected chi connectivity index (χ2v) is 11.1. The molecule has 0 saturated carbocycles. The highest BCUT2D eigenvalue weighted by molar-refractivity contribution is 7.91. The fourth-order valence-corrected chi connectivity index (χ4v) is 4.00. The van der Waals surface area contributed by atoms with Crippen molar-refractivity contribution in [3.63, 3.8) is 0 Å². The van der Waals surface area contributed by atoms with E-state index in [1.807, 2.05) is 14.1 Å². The number of nitrogens with zero attached hydrogens (tertiary/aromatic N) is 3. The van der Waals surface area contributed by atoms with E-state index in [0.29, 0.717) is 23.8 Å². The van der Waals surface area contributed by atoms with Crippen LogP contribution in [-0.2, 0) is 20.0 Å². The molecule has 3 rings (SSSR count). The van der Waals surface area contributed by atoms with E-state index in [9.17, 15) is 8.42 Å². The number of ether oxygens (including phenoxy) is 1. The van der Waals surface area contributed by atoms with Gasteiger partial charge in [0.2, 0.25) is 15.7 Å². The monoisotopic (exact) mass is 514 g/mol. The molecule has 2 aromatic carbocycles. The van der Waals surface area contributed by atoms with E-state index in [1.54, 1.807) is 53.3 Å². The maximum Gasteiger partial charge on any atom is 0.233 e. The van der Waals surface area contributed by atoms with Crippen LogP contribution in [0, 0.1) is 0 Å². The van der Waals surface area contributed by atoms with Crippen LogP contribution in [0.3, 0.4) is 0 Å². The standard InChI is InChI=1S/C20H22ClN3O3S.CH4O3S/c1-23(2)13-3-15-27-20-12-14-24(22-20)17-6-10-19(11-7-17)28(25,26)18-8-4-16(21)5-9-18;1-5(2,3)4/h4-12,14H,3,13,15H2,1-2H3;1H3,(H,2,3,4)/p-1. The molecular formula is C21H25ClN3O6S2-. The summed E-state index contributed by atoms with van der Waals surface area (Å²) in [6.07, 6.45) is 3.30. The Morgan fingerprint density at radius 3 is 2.00 bits per heavy atom. The molecule has 0 atom stereocenters. The van der Waals surface area contributed by atoms with Crippen LogP contribution >= 0.6 is 11.6 Å². The van der Waals surface area contributed by atoms with E-state index in [2.05, 4.69) is 10.00 Å². The summed E-state index contributed by atoms with van der Waals surface area (Å²) in [5.74, 6) is 0.539. The molecule has 0 spiro atoms. The lowest BCUT2D eigenvalue weighted by atomic mass is 10.3. The summed E-state index contributed by atoms with van der Waals surface area (Å²) in [4.78, 5) is 2.52. The lowest BCUT2D eigenvalue weighted by Gasteiger charge is -2.09. The van der Waals surface area contributed by atoms with Gasteiger partial charge in [-0.1, -0.05) is 11.6 Å². The molecule has 3 aromatic rings. The molecular weight excluding hydrogens is 490 g/mol. The molecule has 12 heteroatoms. The first-order valence-corrected chi connectivity index (χ1v) is 13.4. The van der Waals surface area contributed by atoms with Gasteiger partial charge in [-0.15, -0.1) is 5.10 Å². The number of sulfone groups is 1. The van der Waals surface area contributed by atoms with Gasteiger partial charge in [-0.3, -0.25) is 0 Å². The van der Waals surface area contributed by atoms with Gasteiger partial charge < -0.3 is 14.2 Å².